The number of benzene rings is 2. The van der Waals surface area contributed by atoms with Gasteiger partial charge in [-0.15, -0.1) is 10.2 Å². The van der Waals surface area contributed by atoms with Crippen LogP contribution in [0.4, 0.5) is 5.69 Å². The molecule has 1 amide bonds. The third kappa shape index (κ3) is 4.20. The standard InChI is InChI=1S/C18H19N5O2/c1-12-3-5-13(6-4-12)11-16(17-20-22-23-21-17)18(24)19-14-7-9-15(25-2)10-8-14/h3-10,16H,11H2,1-2H3,(H,19,24)(H,20,21,22,23)/t16-/m1/s1. The van der Waals surface area contributed by atoms with Crippen molar-refractivity contribution in [2.45, 2.75) is 19.3 Å². The number of nitrogens with one attached hydrogen (secondary N) is 2. The molecule has 0 spiro atoms. The Morgan fingerprint density at radius 1 is 1.16 bits per heavy atom. The Bertz CT molecular complexity index is 814. The molecular weight excluding hydrogens is 318 g/mol. The summed E-state index contributed by atoms with van der Waals surface area (Å²) in [5, 5.41) is 16.9. The van der Waals surface area contributed by atoms with Crippen molar-refractivity contribution in [3.63, 3.8) is 0 Å². The van der Waals surface area contributed by atoms with Crippen molar-refractivity contribution in [1.82, 2.24) is 20.6 Å². The minimum atomic E-state index is -0.538. The number of carbonyl (C=O) groups excluding carboxylic acids is 1. The van der Waals surface area contributed by atoms with Gasteiger partial charge in [0.1, 0.15) is 11.7 Å². The number of aromatic nitrogens is 4. The van der Waals surface area contributed by atoms with Crippen LogP contribution in [0, 0.1) is 6.92 Å². The van der Waals surface area contributed by atoms with Crippen molar-refractivity contribution in [2.24, 2.45) is 0 Å². The molecule has 0 bridgehead atoms. The van der Waals surface area contributed by atoms with E-state index in [-0.39, 0.29) is 5.91 Å². The van der Waals surface area contributed by atoms with Crippen LogP contribution in [-0.2, 0) is 11.2 Å². The highest BCUT2D eigenvalue weighted by molar-refractivity contribution is 5.95. The lowest BCUT2D eigenvalue weighted by molar-refractivity contribution is -0.117. The predicted molar refractivity (Wildman–Crippen MR) is 93.4 cm³/mol. The zero-order valence-corrected chi connectivity index (χ0v) is 14.1. The molecular formula is C18H19N5O2. The van der Waals surface area contributed by atoms with Crippen LogP contribution in [0.3, 0.4) is 0 Å². The summed E-state index contributed by atoms with van der Waals surface area (Å²) in [7, 11) is 1.60. The number of nitrogens with zero attached hydrogens (tertiary/aromatic N) is 3. The number of aromatic amines is 1. The molecule has 0 unspecified atom stereocenters. The molecule has 25 heavy (non-hydrogen) atoms. The van der Waals surface area contributed by atoms with Gasteiger partial charge in [0.15, 0.2) is 5.82 Å². The zero-order chi connectivity index (χ0) is 17.6. The maximum Gasteiger partial charge on any atom is 0.235 e. The molecule has 1 atom stereocenters. The number of carbonyl (C=O) groups is 1. The van der Waals surface area contributed by atoms with Gasteiger partial charge in [-0.1, -0.05) is 35.0 Å². The number of rotatable bonds is 6. The minimum Gasteiger partial charge on any atom is -0.497 e. The average Bonchev–Trinajstić information content (AvgIpc) is 3.16. The lowest BCUT2D eigenvalue weighted by Crippen LogP contribution is -2.24. The van der Waals surface area contributed by atoms with E-state index in [4.69, 9.17) is 4.74 Å². The van der Waals surface area contributed by atoms with Crippen molar-refractivity contribution in [2.75, 3.05) is 12.4 Å². The van der Waals surface area contributed by atoms with E-state index in [1.807, 2.05) is 31.2 Å². The van der Waals surface area contributed by atoms with Gasteiger partial charge in [-0.25, -0.2) is 0 Å². The summed E-state index contributed by atoms with van der Waals surface area (Å²) in [5.74, 6) is 0.370. The van der Waals surface area contributed by atoms with Gasteiger partial charge in [-0.3, -0.25) is 4.79 Å². The molecule has 0 aliphatic carbocycles. The molecule has 0 radical (unpaired) electrons. The highest BCUT2D eigenvalue weighted by Crippen LogP contribution is 2.21. The number of hydrogen-bond acceptors (Lipinski definition) is 5. The molecule has 3 aromatic rings. The Hall–Kier alpha value is -3.22. The van der Waals surface area contributed by atoms with E-state index in [1.165, 1.54) is 5.56 Å². The van der Waals surface area contributed by atoms with Crippen molar-refractivity contribution >= 4 is 11.6 Å². The Morgan fingerprint density at radius 3 is 2.48 bits per heavy atom. The first-order chi connectivity index (χ1) is 12.2. The number of amides is 1. The first-order valence-electron chi connectivity index (χ1n) is 7.89. The van der Waals surface area contributed by atoms with Crippen molar-refractivity contribution in [3.05, 3.63) is 65.5 Å². The summed E-state index contributed by atoms with van der Waals surface area (Å²) in [6, 6.07) is 15.2. The molecule has 7 nitrogen and oxygen atoms in total. The topological polar surface area (TPSA) is 92.8 Å². The maximum absolute atomic E-state index is 12.8. The molecule has 2 aromatic carbocycles. The van der Waals surface area contributed by atoms with E-state index in [1.54, 1.807) is 31.4 Å². The molecule has 0 saturated heterocycles. The smallest absolute Gasteiger partial charge is 0.235 e. The molecule has 3 rings (SSSR count). The Kier molecular flexibility index (Phi) is 5.03. The minimum absolute atomic E-state index is 0.188. The number of hydrogen-bond donors (Lipinski definition) is 2. The van der Waals surface area contributed by atoms with E-state index in [0.717, 1.165) is 11.3 Å². The number of methoxy groups -OCH3 is 1. The van der Waals surface area contributed by atoms with E-state index in [2.05, 4.69) is 25.9 Å². The van der Waals surface area contributed by atoms with Gasteiger partial charge in [-0.05, 0) is 43.2 Å². The molecule has 1 heterocycles. The second-order valence-corrected chi connectivity index (χ2v) is 5.73. The first kappa shape index (κ1) is 16.6. The Labute approximate surface area is 145 Å². The van der Waals surface area contributed by atoms with Crippen LogP contribution in [0.25, 0.3) is 0 Å². The van der Waals surface area contributed by atoms with Crippen LogP contribution in [-0.4, -0.2) is 33.6 Å². The Morgan fingerprint density at radius 2 is 1.88 bits per heavy atom. The molecule has 1 aromatic heterocycles. The highest BCUT2D eigenvalue weighted by Gasteiger charge is 2.25. The number of tetrazole rings is 1. The molecule has 0 fully saturated rings. The fourth-order valence-electron chi connectivity index (χ4n) is 2.48. The quantitative estimate of drug-likeness (QED) is 0.721. The fourth-order valence-corrected chi connectivity index (χ4v) is 2.48. The lowest BCUT2D eigenvalue weighted by atomic mass is 9.97. The van der Waals surface area contributed by atoms with E-state index >= 15 is 0 Å². The molecule has 0 aliphatic rings. The van der Waals surface area contributed by atoms with Crippen LogP contribution >= 0.6 is 0 Å². The lowest BCUT2D eigenvalue weighted by Gasteiger charge is -2.14. The summed E-state index contributed by atoms with van der Waals surface area (Å²) in [6.45, 7) is 2.02. The molecule has 2 N–H and O–H groups in total. The van der Waals surface area contributed by atoms with Crippen LogP contribution in [0.5, 0.6) is 5.75 Å². The summed E-state index contributed by atoms with van der Waals surface area (Å²) >= 11 is 0. The zero-order valence-electron chi connectivity index (χ0n) is 14.1. The second kappa shape index (κ2) is 7.57. The van der Waals surface area contributed by atoms with Gasteiger partial charge >= 0.3 is 0 Å². The van der Waals surface area contributed by atoms with Gasteiger partial charge < -0.3 is 10.1 Å². The Balaban J connectivity index is 1.78. The monoisotopic (exact) mass is 337 g/mol. The number of aryl methyl sites for hydroxylation is 1. The maximum atomic E-state index is 12.8. The van der Waals surface area contributed by atoms with Gasteiger partial charge in [-0.2, -0.15) is 5.21 Å². The van der Waals surface area contributed by atoms with Crippen molar-refractivity contribution in [1.29, 1.82) is 0 Å². The van der Waals surface area contributed by atoms with Crippen LogP contribution in [0.2, 0.25) is 0 Å². The van der Waals surface area contributed by atoms with E-state index < -0.39 is 5.92 Å². The van der Waals surface area contributed by atoms with Crippen LogP contribution < -0.4 is 10.1 Å². The summed E-state index contributed by atoms with van der Waals surface area (Å²) in [4.78, 5) is 12.8. The molecule has 0 saturated carbocycles. The van der Waals surface area contributed by atoms with Gasteiger partial charge in [0.2, 0.25) is 5.91 Å². The van der Waals surface area contributed by atoms with Crippen molar-refractivity contribution in [3.8, 4) is 5.75 Å². The van der Waals surface area contributed by atoms with E-state index in [0.29, 0.717) is 17.9 Å². The van der Waals surface area contributed by atoms with Crippen LogP contribution in [0.1, 0.15) is 22.9 Å². The normalized spacial score (nSPS) is 11.8. The second-order valence-electron chi connectivity index (χ2n) is 5.73. The predicted octanol–water partition coefficient (Wildman–Crippen LogP) is 2.48. The summed E-state index contributed by atoms with van der Waals surface area (Å²) in [6.07, 6.45) is 0.488. The third-order valence-corrected chi connectivity index (χ3v) is 3.91. The highest BCUT2D eigenvalue weighted by atomic mass is 16.5. The SMILES string of the molecule is COc1ccc(NC(=O)[C@H](Cc2ccc(C)cc2)c2nn[nH]n2)cc1. The van der Waals surface area contributed by atoms with Gasteiger partial charge in [0.05, 0.1) is 7.11 Å². The average molecular weight is 337 g/mol. The fraction of sp³-hybridized carbons (Fsp3) is 0.222. The number of ether oxygens (including phenoxy) is 1. The summed E-state index contributed by atoms with van der Waals surface area (Å²) < 4.78 is 5.12. The van der Waals surface area contributed by atoms with Gasteiger partial charge in [0.25, 0.3) is 0 Å². The number of H-pyrrole nitrogens is 1. The largest absolute Gasteiger partial charge is 0.497 e. The molecule has 0 aliphatic heterocycles. The summed E-state index contributed by atoms with van der Waals surface area (Å²) in [5.41, 5.74) is 2.89. The van der Waals surface area contributed by atoms with Crippen molar-refractivity contribution < 1.29 is 9.53 Å². The third-order valence-electron chi connectivity index (χ3n) is 3.91. The first-order valence-corrected chi connectivity index (χ1v) is 7.89. The van der Waals surface area contributed by atoms with E-state index in [9.17, 15) is 4.79 Å². The number of anilines is 1. The molecule has 7 heteroatoms. The van der Waals surface area contributed by atoms with Gasteiger partial charge in [0, 0.05) is 5.69 Å². The molecule has 128 valence electrons. The van der Waals surface area contributed by atoms with Crippen LogP contribution in [0.15, 0.2) is 48.5 Å².